The second kappa shape index (κ2) is 4.42. The van der Waals surface area contributed by atoms with E-state index in [0.29, 0.717) is 6.42 Å². The lowest BCUT2D eigenvalue weighted by molar-refractivity contribution is -0.139. The van der Waals surface area contributed by atoms with Crippen molar-refractivity contribution in [2.45, 2.75) is 37.8 Å². The Balaban J connectivity index is 2.24. The molecule has 0 amide bonds. The number of carboxylic acid groups (broad SMARTS) is 1. The zero-order valence-electron chi connectivity index (χ0n) is 7.03. The topological polar surface area (TPSA) is 72.5 Å². The molecule has 4 nitrogen and oxygen atoms in total. The molecule has 12 heavy (non-hydrogen) atoms. The first-order valence-corrected chi connectivity index (χ1v) is 4.30. The zero-order chi connectivity index (χ0) is 8.97. The molecule has 0 radical (unpaired) electrons. The van der Waals surface area contributed by atoms with E-state index in [-0.39, 0.29) is 6.10 Å². The Morgan fingerprint density at radius 1 is 1.67 bits per heavy atom. The Morgan fingerprint density at radius 3 is 2.92 bits per heavy atom. The highest BCUT2D eigenvalue weighted by Crippen LogP contribution is 2.16. The van der Waals surface area contributed by atoms with E-state index in [2.05, 4.69) is 0 Å². The van der Waals surface area contributed by atoms with Crippen LogP contribution in [0.3, 0.4) is 0 Å². The summed E-state index contributed by atoms with van der Waals surface area (Å²) in [5.41, 5.74) is 5.37. The number of carbonyl (C=O) groups is 1. The molecule has 1 fully saturated rings. The van der Waals surface area contributed by atoms with Gasteiger partial charge in [-0.15, -0.1) is 0 Å². The van der Waals surface area contributed by atoms with Gasteiger partial charge in [-0.3, -0.25) is 4.79 Å². The molecule has 0 aromatic heterocycles. The maximum absolute atomic E-state index is 10.4. The second-order valence-electron chi connectivity index (χ2n) is 3.17. The fraction of sp³-hybridized carbons (Fsp3) is 0.875. The summed E-state index contributed by atoms with van der Waals surface area (Å²) in [6.07, 6.45) is 3.65. The van der Waals surface area contributed by atoms with Gasteiger partial charge in [0.25, 0.3) is 0 Å². The molecule has 1 rings (SSSR count). The van der Waals surface area contributed by atoms with E-state index in [0.717, 1.165) is 25.9 Å². The van der Waals surface area contributed by atoms with Gasteiger partial charge in [-0.25, -0.2) is 0 Å². The van der Waals surface area contributed by atoms with E-state index in [9.17, 15) is 4.79 Å². The summed E-state index contributed by atoms with van der Waals surface area (Å²) in [7, 11) is 0. The van der Waals surface area contributed by atoms with Gasteiger partial charge in [-0.1, -0.05) is 0 Å². The van der Waals surface area contributed by atoms with Crippen LogP contribution < -0.4 is 5.73 Å². The van der Waals surface area contributed by atoms with Gasteiger partial charge >= 0.3 is 5.97 Å². The molecule has 0 saturated carbocycles. The van der Waals surface area contributed by atoms with Gasteiger partial charge < -0.3 is 15.6 Å². The summed E-state index contributed by atoms with van der Waals surface area (Å²) in [4.78, 5) is 10.4. The first kappa shape index (κ1) is 9.48. The van der Waals surface area contributed by atoms with E-state index in [1.807, 2.05) is 0 Å². The molecular formula is C8H15NO3. The van der Waals surface area contributed by atoms with Gasteiger partial charge in [-0.05, 0) is 25.7 Å². The van der Waals surface area contributed by atoms with Crippen LogP contribution in [0.15, 0.2) is 0 Å². The Bertz CT molecular complexity index is 154. The van der Waals surface area contributed by atoms with E-state index < -0.39 is 12.0 Å². The number of hydrogen-bond donors (Lipinski definition) is 2. The van der Waals surface area contributed by atoms with Crippen LogP contribution in [0.2, 0.25) is 0 Å². The molecule has 0 spiro atoms. The van der Waals surface area contributed by atoms with Crippen LogP contribution >= 0.6 is 0 Å². The van der Waals surface area contributed by atoms with Crippen molar-refractivity contribution in [2.24, 2.45) is 5.73 Å². The van der Waals surface area contributed by atoms with Crippen molar-refractivity contribution in [1.29, 1.82) is 0 Å². The van der Waals surface area contributed by atoms with Crippen molar-refractivity contribution in [3.8, 4) is 0 Å². The standard InChI is InChI=1S/C8H15NO3/c9-7(8(10)11)5-6-3-1-2-4-12-6/h6-7H,1-5,9H2,(H,10,11)/t6-,7-/m0/s1. The number of carboxylic acids is 1. The summed E-state index contributed by atoms with van der Waals surface area (Å²) >= 11 is 0. The first-order chi connectivity index (χ1) is 5.70. The molecule has 0 bridgehead atoms. The van der Waals surface area contributed by atoms with Gasteiger partial charge in [0.15, 0.2) is 0 Å². The molecule has 0 unspecified atom stereocenters. The van der Waals surface area contributed by atoms with Crippen molar-refractivity contribution >= 4 is 5.97 Å². The molecule has 1 saturated heterocycles. The number of aliphatic carboxylic acids is 1. The van der Waals surface area contributed by atoms with E-state index in [1.165, 1.54) is 0 Å². The van der Waals surface area contributed by atoms with Gasteiger partial charge in [0.2, 0.25) is 0 Å². The van der Waals surface area contributed by atoms with Crippen LogP contribution in [-0.2, 0) is 9.53 Å². The molecule has 4 heteroatoms. The van der Waals surface area contributed by atoms with E-state index in [1.54, 1.807) is 0 Å². The largest absolute Gasteiger partial charge is 0.480 e. The Labute approximate surface area is 71.7 Å². The number of rotatable bonds is 3. The molecule has 1 heterocycles. The lowest BCUT2D eigenvalue weighted by atomic mass is 10.0. The molecule has 0 aliphatic carbocycles. The van der Waals surface area contributed by atoms with Crippen LogP contribution in [0, 0.1) is 0 Å². The normalized spacial score (nSPS) is 26.6. The van der Waals surface area contributed by atoms with Crippen LogP contribution in [0.5, 0.6) is 0 Å². The Kier molecular flexibility index (Phi) is 3.49. The average molecular weight is 173 g/mol. The summed E-state index contributed by atoms with van der Waals surface area (Å²) in [6.45, 7) is 0.747. The summed E-state index contributed by atoms with van der Waals surface area (Å²) in [6, 6.07) is -0.770. The molecular weight excluding hydrogens is 158 g/mol. The van der Waals surface area contributed by atoms with Gasteiger partial charge in [0.05, 0.1) is 6.10 Å². The molecule has 3 N–H and O–H groups in total. The van der Waals surface area contributed by atoms with E-state index in [4.69, 9.17) is 15.6 Å². The summed E-state index contributed by atoms with van der Waals surface area (Å²) in [5, 5.41) is 8.53. The maximum Gasteiger partial charge on any atom is 0.320 e. The highest BCUT2D eigenvalue weighted by molar-refractivity contribution is 5.73. The zero-order valence-corrected chi connectivity index (χ0v) is 7.03. The SMILES string of the molecule is N[C@@H](C[C@@H]1CCCCO1)C(=O)O. The van der Waals surface area contributed by atoms with Crippen LogP contribution in [0.1, 0.15) is 25.7 Å². The molecule has 1 aliphatic heterocycles. The number of nitrogens with two attached hydrogens (primary N) is 1. The van der Waals surface area contributed by atoms with Gasteiger partial charge in [-0.2, -0.15) is 0 Å². The van der Waals surface area contributed by atoms with Crippen LogP contribution in [0.4, 0.5) is 0 Å². The molecule has 70 valence electrons. The molecule has 0 aromatic rings. The predicted molar refractivity (Wildman–Crippen MR) is 43.8 cm³/mol. The number of ether oxygens (including phenoxy) is 1. The average Bonchev–Trinajstić information content (AvgIpc) is 2.06. The van der Waals surface area contributed by atoms with E-state index >= 15 is 0 Å². The van der Waals surface area contributed by atoms with Crippen molar-refractivity contribution in [3.05, 3.63) is 0 Å². The minimum absolute atomic E-state index is 0.0600. The summed E-state index contributed by atoms with van der Waals surface area (Å²) < 4.78 is 5.36. The highest BCUT2D eigenvalue weighted by atomic mass is 16.5. The van der Waals surface area contributed by atoms with Crippen molar-refractivity contribution < 1.29 is 14.6 Å². The third kappa shape index (κ3) is 2.79. The van der Waals surface area contributed by atoms with Crippen LogP contribution in [-0.4, -0.2) is 29.8 Å². The van der Waals surface area contributed by atoms with Gasteiger partial charge in [0.1, 0.15) is 6.04 Å². The Hall–Kier alpha value is -0.610. The fourth-order valence-electron chi connectivity index (χ4n) is 1.38. The van der Waals surface area contributed by atoms with Crippen molar-refractivity contribution in [3.63, 3.8) is 0 Å². The minimum Gasteiger partial charge on any atom is -0.480 e. The van der Waals surface area contributed by atoms with Crippen molar-refractivity contribution in [2.75, 3.05) is 6.61 Å². The first-order valence-electron chi connectivity index (χ1n) is 4.30. The Morgan fingerprint density at radius 2 is 2.42 bits per heavy atom. The fourth-order valence-corrected chi connectivity index (χ4v) is 1.38. The number of hydrogen-bond acceptors (Lipinski definition) is 3. The quantitative estimate of drug-likeness (QED) is 0.646. The van der Waals surface area contributed by atoms with Crippen LogP contribution in [0.25, 0.3) is 0 Å². The lowest BCUT2D eigenvalue weighted by Crippen LogP contribution is -2.35. The third-order valence-electron chi connectivity index (χ3n) is 2.11. The smallest absolute Gasteiger partial charge is 0.320 e. The summed E-state index contributed by atoms with van der Waals surface area (Å²) in [5.74, 6) is -0.941. The maximum atomic E-state index is 10.4. The van der Waals surface area contributed by atoms with Gasteiger partial charge in [0, 0.05) is 6.61 Å². The monoisotopic (exact) mass is 173 g/mol. The molecule has 2 atom stereocenters. The lowest BCUT2D eigenvalue weighted by Gasteiger charge is -2.23. The van der Waals surface area contributed by atoms with Crippen molar-refractivity contribution in [1.82, 2.24) is 0 Å². The second-order valence-corrected chi connectivity index (χ2v) is 3.17. The molecule has 1 aliphatic rings. The highest BCUT2D eigenvalue weighted by Gasteiger charge is 2.20. The molecule has 0 aromatic carbocycles. The minimum atomic E-state index is -0.941. The third-order valence-corrected chi connectivity index (χ3v) is 2.11. The predicted octanol–water partition coefficient (Wildman–Crippen LogP) is 0.357.